The Morgan fingerprint density at radius 2 is 1.71 bits per heavy atom. The van der Waals surface area contributed by atoms with Gasteiger partial charge in [-0.1, -0.05) is 41.6 Å². The van der Waals surface area contributed by atoms with Gasteiger partial charge in [0, 0.05) is 29.6 Å². The summed E-state index contributed by atoms with van der Waals surface area (Å²) in [6.45, 7) is 0. The van der Waals surface area contributed by atoms with E-state index in [0.29, 0.717) is 0 Å². The minimum atomic E-state index is 0.796. The van der Waals surface area contributed by atoms with Crippen molar-refractivity contribution in [2.24, 2.45) is 0 Å². The van der Waals surface area contributed by atoms with Crippen molar-refractivity contribution >= 4 is 29.1 Å². The van der Waals surface area contributed by atoms with Crippen LogP contribution in [0.3, 0.4) is 0 Å². The monoisotopic (exact) mass is 263 g/mol. The van der Waals surface area contributed by atoms with Gasteiger partial charge in [0.15, 0.2) is 0 Å². The third kappa shape index (κ3) is 3.18. The van der Waals surface area contributed by atoms with Gasteiger partial charge < -0.3 is 4.90 Å². The Labute approximate surface area is 111 Å². The predicted octanol–water partition coefficient (Wildman–Crippen LogP) is 4.56. The van der Waals surface area contributed by atoms with Crippen LogP contribution in [0.25, 0.3) is 0 Å². The van der Waals surface area contributed by atoms with E-state index in [1.54, 1.807) is 11.8 Å². The van der Waals surface area contributed by atoms with Gasteiger partial charge in [-0.3, -0.25) is 0 Å². The first-order valence-corrected chi connectivity index (χ1v) is 6.56. The SMILES string of the molecule is CN(C)c1ccc(Sc2ccccc2)c(Cl)c1. The average Bonchev–Trinajstić information content (AvgIpc) is 2.33. The Morgan fingerprint density at radius 3 is 2.29 bits per heavy atom. The lowest BCUT2D eigenvalue weighted by Gasteiger charge is -2.14. The first kappa shape index (κ1) is 12.3. The van der Waals surface area contributed by atoms with Crippen LogP contribution in [-0.4, -0.2) is 14.1 Å². The fourth-order valence-corrected chi connectivity index (χ4v) is 2.60. The van der Waals surface area contributed by atoms with E-state index in [1.807, 2.05) is 43.3 Å². The third-order valence-electron chi connectivity index (χ3n) is 2.40. The highest BCUT2D eigenvalue weighted by Gasteiger charge is 2.04. The average molecular weight is 264 g/mol. The summed E-state index contributed by atoms with van der Waals surface area (Å²) in [4.78, 5) is 4.33. The molecule has 0 radical (unpaired) electrons. The zero-order chi connectivity index (χ0) is 12.3. The quantitative estimate of drug-likeness (QED) is 0.799. The second-order valence-electron chi connectivity index (χ2n) is 3.92. The molecule has 0 aromatic heterocycles. The Hall–Kier alpha value is -1.12. The maximum Gasteiger partial charge on any atom is 0.0566 e. The van der Waals surface area contributed by atoms with Gasteiger partial charge in [0.2, 0.25) is 0 Å². The fourth-order valence-electron chi connectivity index (χ4n) is 1.47. The summed E-state index contributed by atoms with van der Waals surface area (Å²) >= 11 is 7.96. The number of anilines is 1. The van der Waals surface area contributed by atoms with Crippen LogP contribution in [0.4, 0.5) is 5.69 Å². The summed E-state index contributed by atoms with van der Waals surface area (Å²) in [5, 5.41) is 0.796. The normalized spacial score (nSPS) is 10.3. The molecule has 0 saturated heterocycles. The molecular formula is C14H14ClNS. The molecular weight excluding hydrogens is 250 g/mol. The summed E-state index contributed by atoms with van der Waals surface area (Å²) in [5.74, 6) is 0. The van der Waals surface area contributed by atoms with Crippen LogP contribution in [0, 0.1) is 0 Å². The summed E-state index contributed by atoms with van der Waals surface area (Å²) in [6.07, 6.45) is 0. The number of hydrogen-bond donors (Lipinski definition) is 0. The van der Waals surface area contributed by atoms with Gasteiger partial charge in [0.1, 0.15) is 0 Å². The van der Waals surface area contributed by atoms with Crippen molar-refractivity contribution in [2.45, 2.75) is 9.79 Å². The summed E-state index contributed by atoms with van der Waals surface area (Å²) in [7, 11) is 4.02. The number of benzene rings is 2. The second kappa shape index (κ2) is 5.48. The van der Waals surface area contributed by atoms with E-state index in [4.69, 9.17) is 11.6 Å². The Morgan fingerprint density at radius 1 is 1.00 bits per heavy atom. The van der Waals surface area contributed by atoms with Crippen molar-refractivity contribution in [1.29, 1.82) is 0 Å². The van der Waals surface area contributed by atoms with Gasteiger partial charge in [-0.2, -0.15) is 0 Å². The summed E-state index contributed by atoms with van der Waals surface area (Å²) in [5.41, 5.74) is 1.12. The van der Waals surface area contributed by atoms with Crippen molar-refractivity contribution in [2.75, 3.05) is 19.0 Å². The predicted molar refractivity (Wildman–Crippen MR) is 76.3 cm³/mol. The van der Waals surface area contributed by atoms with E-state index in [1.165, 1.54) is 4.90 Å². The van der Waals surface area contributed by atoms with E-state index in [0.717, 1.165) is 15.6 Å². The Kier molecular flexibility index (Phi) is 3.97. The van der Waals surface area contributed by atoms with Crippen LogP contribution in [0.2, 0.25) is 5.02 Å². The summed E-state index contributed by atoms with van der Waals surface area (Å²) in [6, 6.07) is 16.4. The highest BCUT2D eigenvalue weighted by molar-refractivity contribution is 7.99. The smallest absolute Gasteiger partial charge is 0.0566 e. The lowest BCUT2D eigenvalue weighted by molar-refractivity contribution is 1.13. The van der Waals surface area contributed by atoms with E-state index < -0.39 is 0 Å². The maximum atomic E-state index is 6.28. The molecule has 0 aliphatic rings. The third-order valence-corrected chi connectivity index (χ3v) is 3.91. The molecule has 3 heteroatoms. The molecule has 0 N–H and O–H groups in total. The van der Waals surface area contributed by atoms with Gasteiger partial charge >= 0.3 is 0 Å². The van der Waals surface area contributed by atoms with Crippen molar-refractivity contribution < 1.29 is 0 Å². The molecule has 0 heterocycles. The molecule has 2 rings (SSSR count). The van der Waals surface area contributed by atoms with Gasteiger partial charge in [-0.25, -0.2) is 0 Å². The minimum Gasteiger partial charge on any atom is -0.378 e. The Bertz CT molecular complexity index is 497. The van der Waals surface area contributed by atoms with Crippen molar-refractivity contribution in [3.05, 3.63) is 53.6 Å². The van der Waals surface area contributed by atoms with E-state index in [2.05, 4.69) is 24.3 Å². The van der Waals surface area contributed by atoms with Crippen LogP contribution >= 0.6 is 23.4 Å². The molecule has 0 aliphatic carbocycles. The standard InChI is InChI=1S/C14H14ClNS/c1-16(2)11-8-9-14(13(15)10-11)17-12-6-4-3-5-7-12/h3-10H,1-2H3. The number of halogens is 1. The maximum absolute atomic E-state index is 6.28. The molecule has 17 heavy (non-hydrogen) atoms. The highest BCUT2D eigenvalue weighted by Crippen LogP contribution is 2.35. The van der Waals surface area contributed by atoms with Crippen LogP contribution in [0.5, 0.6) is 0 Å². The highest BCUT2D eigenvalue weighted by atomic mass is 35.5. The summed E-state index contributed by atoms with van der Waals surface area (Å²) < 4.78 is 0. The molecule has 0 atom stereocenters. The number of rotatable bonds is 3. The van der Waals surface area contributed by atoms with Crippen LogP contribution in [0.15, 0.2) is 58.3 Å². The molecule has 2 aromatic rings. The first-order valence-electron chi connectivity index (χ1n) is 5.36. The van der Waals surface area contributed by atoms with Gasteiger partial charge in [-0.15, -0.1) is 0 Å². The van der Waals surface area contributed by atoms with Gasteiger partial charge in [0.05, 0.1) is 5.02 Å². The zero-order valence-corrected chi connectivity index (χ0v) is 11.4. The van der Waals surface area contributed by atoms with E-state index >= 15 is 0 Å². The molecule has 0 amide bonds. The molecule has 0 aliphatic heterocycles. The van der Waals surface area contributed by atoms with Gasteiger partial charge in [-0.05, 0) is 30.3 Å². The molecule has 0 unspecified atom stereocenters. The fraction of sp³-hybridized carbons (Fsp3) is 0.143. The van der Waals surface area contributed by atoms with Crippen LogP contribution in [0.1, 0.15) is 0 Å². The lowest BCUT2D eigenvalue weighted by Crippen LogP contribution is -2.08. The molecule has 0 fully saturated rings. The minimum absolute atomic E-state index is 0.796. The molecule has 1 nitrogen and oxygen atoms in total. The number of nitrogens with zero attached hydrogens (tertiary/aromatic N) is 1. The first-order chi connectivity index (χ1) is 8.16. The molecule has 2 aromatic carbocycles. The molecule has 88 valence electrons. The van der Waals surface area contributed by atoms with Crippen molar-refractivity contribution in [1.82, 2.24) is 0 Å². The molecule has 0 bridgehead atoms. The molecule has 0 saturated carbocycles. The number of hydrogen-bond acceptors (Lipinski definition) is 2. The Balaban J connectivity index is 2.23. The van der Waals surface area contributed by atoms with Crippen LogP contribution in [-0.2, 0) is 0 Å². The second-order valence-corrected chi connectivity index (χ2v) is 5.45. The lowest BCUT2D eigenvalue weighted by atomic mass is 10.3. The zero-order valence-electron chi connectivity index (χ0n) is 9.85. The molecule has 0 spiro atoms. The van der Waals surface area contributed by atoms with Crippen LogP contribution < -0.4 is 4.90 Å². The van der Waals surface area contributed by atoms with E-state index in [-0.39, 0.29) is 0 Å². The van der Waals surface area contributed by atoms with Crippen molar-refractivity contribution in [3.8, 4) is 0 Å². The largest absolute Gasteiger partial charge is 0.378 e. The topological polar surface area (TPSA) is 3.24 Å². The van der Waals surface area contributed by atoms with Gasteiger partial charge in [0.25, 0.3) is 0 Å². The van der Waals surface area contributed by atoms with Crippen molar-refractivity contribution in [3.63, 3.8) is 0 Å². The van der Waals surface area contributed by atoms with E-state index in [9.17, 15) is 0 Å².